The number of carboxylic acids is 2. The van der Waals surface area contributed by atoms with Gasteiger partial charge in [0.1, 0.15) is 21.4 Å². The fourth-order valence-electron chi connectivity index (χ4n) is 5.20. The number of carbonyl (C=O) groups is 4. The predicted octanol–water partition coefficient (Wildman–Crippen LogP) is 9.65. The van der Waals surface area contributed by atoms with Crippen LogP contribution in [0.5, 0.6) is 0 Å². The topological polar surface area (TPSA) is 159 Å². The maximum absolute atomic E-state index is 12.6. The van der Waals surface area contributed by atoms with Crippen molar-refractivity contribution in [1.29, 1.82) is 0 Å². The van der Waals surface area contributed by atoms with Crippen molar-refractivity contribution >= 4 is 92.8 Å². The molecule has 55 heavy (non-hydrogen) atoms. The van der Waals surface area contributed by atoms with Crippen LogP contribution < -0.4 is 10.6 Å². The largest absolute Gasteiger partial charge is 0.481 e. The molecule has 4 aromatic carbocycles. The third kappa shape index (κ3) is 11.4. The highest BCUT2D eigenvalue weighted by Crippen LogP contribution is 2.36. The molecular weight excluding hydrogens is 826 g/mol. The summed E-state index contributed by atoms with van der Waals surface area (Å²) in [6.45, 7) is -0.0387. The van der Waals surface area contributed by atoms with E-state index in [1.807, 2.05) is 30.3 Å². The molecule has 0 fully saturated rings. The van der Waals surface area contributed by atoms with E-state index < -0.39 is 35.7 Å². The Labute approximate surface area is 343 Å². The molecule has 0 bridgehead atoms. The molecule has 6 aromatic rings. The lowest BCUT2D eigenvalue weighted by atomic mass is 9.99. The number of thiazole rings is 2. The number of carboxylic acid groups (broad SMARTS) is 2. The van der Waals surface area contributed by atoms with Gasteiger partial charge >= 0.3 is 11.9 Å². The van der Waals surface area contributed by atoms with Crippen molar-refractivity contribution in [2.24, 2.45) is 0 Å². The van der Waals surface area contributed by atoms with E-state index in [9.17, 15) is 24.3 Å². The minimum Gasteiger partial charge on any atom is -0.481 e. The molecule has 2 atom stereocenters. The van der Waals surface area contributed by atoms with Crippen molar-refractivity contribution in [2.75, 3.05) is 6.54 Å². The number of carbonyl (C=O) groups excluding carboxylic acids is 2. The summed E-state index contributed by atoms with van der Waals surface area (Å²) >= 11 is 27.0. The smallest absolute Gasteiger partial charge is 0.312 e. The van der Waals surface area contributed by atoms with Gasteiger partial charge in [0.2, 0.25) is 0 Å². The van der Waals surface area contributed by atoms with Gasteiger partial charge in [-0.15, -0.1) is 22.7 Å². The van der Waals surface area contributed by atoms with Gasteiger partial charge in [-0.25, -0.2) is 9.97 Å². The van der Waals surface area contributed by atoms with Crippen molar-refractivity contribution < 1.29 is 29.4 Å². The average Bonchev–Trinajstić information content (AvgIpc) is 3.86. The molecule has 2 aromatic heterocycles. The Morgan fingerprint density at radius 1 is 0.655 bits per heavy atom. The van der Waals surface area contributed by atoms with E-state index in [0.717, 1.165) is 5.56 Å². The Bertz CT molecular complexity index is 2290. The fourth-order valence-corrected chi connectivity index (χ4v) is 7.76. The van der Waals surface area contributed by atoms with Crippen molar-refractivity contribution in [3.63, 3.8) is 0 Å². The molecule has 2 unspecified atom stereocenters. The monoisotopic (exact) mass is 854 g/mol. The summed E-state index contributed by atoms with van der Waals surface area (Å²) in [4.78, 5) is 56.3. The number of hydrogen-bond acceptors (Lipinski definition) is 8. The van der Waals surface area contributed by atoms with Crippen molar-refractivity contribution in [1.82, 2.24) is 20.6 Å². The molecule has 2 amide bonds. The highest BCUT2D eigenvalue weighted by atomic mass is 35.5. The Hall–Kier alpha value is -4.82. The summed E-state index contributed by atoms with van der Waals surface area (Å²) in [5, 5.41) is 29.9. The number of aromatic nitrogens is 2. The quantitative estimate of drug-likeness (QED) is 0.0894. The summed E-state index contributed by atoms with van der Waals surface area (Å²) in [6, 6.07) is 28.0. The first-order valence-corrected chi connectivity index (χ1v) is 19.6. The summed E-state index contributed by atoms with van der Waals surface area (Å²) < 4.78 is 0. The van der Waals surface area contributed by atoms with Crippen LogP contribution in [-0.2, 0) is 16.0 Å². The SMILES string of the molecule is O=C(NCC(C(=O)O)c1ccccc1)c1csc(-c2cccc(Cl)c2Cl)n1.O=C(O)CC(Cc1ccccc1)NC(=O)c1csc(-c2cccc(Cl)c2Cl)n1. The molecule has 0 saturated carbocycles. The number of nitrogens with zero attached hydrogens (tertiary/aromatic N) is 2. The first-order valence-electron chi connectivity index (χ1n) is 16.3. The minimum atomic E-state index is -1.01. The van der Waals surface area contributed by atoms with Gasteiger partial charge in [-0.1, -0.05) is 131 Å². The zero-order valence-electron chi connectivity index (χ0n) is 28.4. The summed E-state index contributed by atoms with van der Waals surface area (Å²) in [7, 11) is 0. The van der Waals surface area contributed by atoms with Gasteiger partial charge in [-0.05, 0) is 29.7 Å². The number of halogens is 4. The molecule has 0 aliphatic rings. The van der Waals surface area contributed by atoms with Gasteiger partial charge in [0.25, 0.3) is 11.8 Å². The van der Waals surface area contributed by atoms with Crippen LogP contribution in [0.2, 0.25) is 20.1 Å². The molecule has 6 rings (SSSR count). The third-order valence-electron chi connectivity index (χ3n) is 7.89. The van der Waals surface area contributed by atoms with E-state index in [1.54, 1.807) is 77.5 Å². The average molecular weight is 857 g/mol. The maximum atomic E-state index is 12.6. The van der Waals surface area contributed by atoms with Crippen molar-refractivity contribution in [3.05, 3.63) is 150 Å². The standard InChI is InChI=1S/C20H16Cl2N2O3S.C19H14Cl2N2O3S/c21-15-8-4-7-14(18(15)22)20-24-16(11-28-20)19(27)23-13(10-17(25)26)9-12-5-2-1-3-6-12;20-14-8-4-7-12(16(14)21)18-23-15(10-27-18)17(24)22-9-13(19(25)26)11-5-2-1-3-6-11/h1-8,11,13H,9-10H2,(H,23,27)(H,25,26);1-8,10,13H,9H2,(H,22,24)(H,25,26). The third-order valence-corrected chi connectivity index (χ3v) is 11.3. The van der Waals surface area contributed by atoms with Crippen LogP contribution in [0.3, 0.4) is 0 Å². The lowest BCUT2D eigenvalue weighted by Gasteiger charge is -2.16. The van der Waals surface area contributed by atoms with Gasteiger partial charge in [0.05, 0.1) is 32.4 Å². The van der Waals surface area contributed by atoms with Gasteiger partial charge in [0.15, 0.2) is 0 Å². The van der Waals surface area contributed by atoms with Gasteiger partial charge in [-0.3, -0.25) is 19.2 Å². The molecule has 0 saturated heterocycles. The van der Waals surface area contributed by atoms with E-state index >= 15 is 0 Å². The second kappa shape index (κ2) is 19.7. The number of hydrogen-bond donors (Lipinski definition) is 4. The first kappa shape index (κ1) is 41.3. The van der Waals surface area contributed by atoms with Crippen LogP contribution >= 0.6 is 69.1 Å². The lowest BCUT2D eigenvalue weighted by molar-refractivity contribution is -0.139. The van der Waals surface area contributed by atoms with Crippen LogP contribution in [0.4, 0.5) is 0 Å². The lowest BCUT2D eigenvalue weighted by Crippen LogP contribution is -2.38. The number of rotatable bonds is 13. The number of benzene rings is 4. The van der Waals surface area contributed by atoms with E-state index in [2.05, 4.69) is 20.6 Å². The summed E-state index contributed by atoms with van der Waals surface area (Å²) in [6.07, 6.45) is 0.230. The normalized spacial score (nSPS) is 11.8. The molecule has 4 N–H and O–H groups in total. The zero-order valence-corrected chi connectivity index (χ0v) is 33.1. The molecule has 0 radical (unpaired) electrons. The molecule has 282 valence electrons. The van der Waals surface area contributed by atoms with Crippen LogP contribution in [0.1, 0.15) is 44.4 Å². The minimum absolute atomic E-state index is 0.0387. The van der Waals surface area contributed by atoms with Crippen molar-refractivity contribution in [3.8, 4) is 21.1 Å². The van der Waals surface area contributed by atoms with E-state index in [0.29, 0.717) is 53.2 Å². The van der Waals surface area contributed by atoms with Gasteiger partial charge in [-0.2, -0.15) is 0 Å². The molecule has 0 aliphatic heterocycles. The molecule has 2 heterocycles. The van der Waals surface area contributed by atoms with E-state index in [4.69, 9.17) is 51.5 Å². The molecule has 16 heteroatoms. The molecule has 0 aliphatic carbocycles. The number of aliphatic carboxylic acids is 2. The maximum Gasteiger partial charge on any atom is 0.312 e. The zero-order chi connectivity index (χ0) is 39.5. The fraction of sp³-hybridized carbons (Fsp3) is 0.128. The summed E-state index contributed by atoms with van der Waals surface area (Å²) in [5.74, 6) is -3.70. The predicted molar refractivity (Wildman–Crippen MR) is 218 cm³/mol. The van der Waals surface area contributed by atoms with Crippen LogP contribution in [0, 0.1) is 0 Å². The Morgan fingerprint density at radius 3 is 1.67 bits per heavy atom. The number of nitrogens with one attached hydrogen (secondary N) is 2. The van der Waals surface area contributed by atoms with Crippen LogP contribution in [-0.4, -0.2) is 56.5 Å². The van der Waals surface area contributed by atoms with Gasteiger partial charge in [0, 0.05) is 34.5 Å². The van der Waals surface area contributed by atoms with Crippen LogP contribution in [0.25, 0.3) is 21.1 Å². The second-order valence-corrected chi connectivity index (χ2v) is 15.0. The molecule has 0 spiro atoms. The first-order chi connectivity index (χ1) is 26.4. The molecular formula is C39H30Cl4N4O6S2. The van der Waals surface area contributed by atoms with E-state index in [1.165, 1.54) is 22.7 Å². The van der Waals surface area contributed by atoms with Crippen LogP contribution in [0.15, 0.2) is 108 Å². The van der Waals surface area contributed by atoms with Gasteiger partial charge < -0.3 is 20.8 Å². The Morgan fingerprint density at radius 2 is 1.16 bits per heavy atom. The Kier molecular flexibility index (Phi) is 14.8. The Balaban J connectivity index is 0.000000211. The highest BCUT2D eigenvalue weighted by molar-refractivity contribution is 7.13. The second-order valence-electron chi connectivity index (χ2n) is 11.7. The van der Waals surface area contributed by atoms with E-state index in [-0.39, 0.29) is 24.4 Å². The highest BCUT2D eigenvalue weighted by Gasteiger charge is 2.23. The van der Waals surface area contributed by atoms with Crippen molar-refractivity contribution in [2.45, 2.75) is 24.8 Å². The molecule has 10 nitrogen and oxygen atoms in total. The number of amides is 2. The summed E-state index contributed by atoms with van der Waals surface area (Å²) in [5.41, 5.74) is 3.25.